The molecule has 0 bridgehead atoms. The molecular weight excluding hydrogens is 364 g/mol. The van der Waals surface area contributed by atoms with E-state index in [1.54, 1.807) is 0 Å². The van der Waals surface area contributed by atoms with Gasteiger partial charge in [0.25, 0.3) is 0 Å². The third-order valence-corrected chi connectivity index (χ3v) is 5.86. The summed E-state index contributed by atoms with van der Waals surface area (Å²) in [4.78, 5) is 24.4. The molecule has 1 aliphatic rings. The van der Waals surface area contributed by atoms with E-state index in [0.29, 0.717) is 18.1 Å². The van der Waals surface area contributed by atoms with Crippen molar-refractivity contribution in [3.8, 4) is 0 Å². The van der Waals surface area contributed by atoms with Gasteiger partial charge in [0, 0.05) is 24.3 Å². The molecule has 1 amide bonds. The molecule has 0 unspecified atom stereocenters. The van der Waals surface area contributed by atoms with Crippen molar-refractivity contribution in [2.45, 2.75) is 47.5 Å². The molecule has 0 saturated carbocycles. The maximum absolute atomic E-state index is 13.0. The van der Waals surface area contributed by atoms with Crippen LogP contribution in [0.15, 0.2) is 22.6 Å². The van der Waals surface area contributed by atoms with Gasteiger partial charge >= 0.3 is 0 Å². The van der Waals surface area contributed by atoms with Gasteiger partial charge in [0.15, 0.2) is 0 Å². The Bertz CT molecular complexity index is 1090. The van der Waals surface area contributed by atoms with Crippen LogP contribution in [0.1, 0.15) is 41.1 Å². The van der Waals surface area contributed by atoms with Crippen molar-refractivity contribution < 1.29 is 9.21 Å². The van der Waals surface area contributed by atoms with Crippen LogP contribution in [0.2, 0.25) is 0 Å². The molecule has 1 N–H and O–H groups in total. The maximum atomic E-state index is 13.0. The first-order valence-electron chi connectivity index (χ1n) is 10.2. The Morgan fingerprint density at radius 3 is 2.76 bits per heavy atom. The fraction of sp³-hybridized carbons (Fsp3) is 0.435. The average Bonchev–Trinajstić information content (AvgIpc) is 2.97. The third-order valence-electron chi connectivity index (χ3n) is 5.86. The lowest BCUT2D eigenvalue weighted by Crippen LogP contribution is -2.41. The number of hydrogen-bond acceptors (Lipinski definition) is 5. The van der Waals surface area contributed by atoms with Crippen molar-refractivity contribution in [1.29, 1.82) is 0 Å². The lowest BCUT2D eigenvalue weighted by atomic mass is 9.96. The van der Waals surface area contributed by atoms with E-state index < -0.39 is 0 Å². The number of carbonyl (C=O) groups is 1. The van der Waals surface area contributed by atoms with Gasteiger partial charge in [-0.3, -0.25) is 4.79 Å². The van der Waals surface area contributed by atoms with E-state index in [0.717, 1.165) is 58.7 Å². The Kier molecular flexibility index (Phi) is 5.03. The molecule has 2 aromatic heterocycles. The van der Waals surface area contributed by atoms with E-state index in [4.69, 9.17) is 9.40 Å². The molecule has 6 nitrogen and oxygen atoms in total. The predicted molar refractivity (Wildman–Crippen MR) is 115 cm³/mol. The SMILES string of the molecule is Cc1ccc(C)c(NC(=O)[C@H]2CCCN(c3nc(C)nc4oc(C)c(C)c34)C2)c1. The number of fused-ring (bicyclic) bond motifs is 1. The highest BCUT2D eigenvalue weighted by molar-refractivity contribution is 5.95. The first-order valence-corrected chi connectivity index (χ1v) is 10.2. The number of amides is 1. The molecule has 3 aromatic rings. The Balaban J connectivity index is 1.60. The van der Waals surface area contributed by atoms with Crippen LogP contribution in [0.3, 0.4) is 0 Å². The molecule has 1 fully saturated rings. The number of piperidine rings is 1. The number of anilines is 2. The van der Waals surface area contributed by atoms with Crippen LogP contribution in [0, 0.1) is 40.5 Å². The van der Waals surface area contributed by atoms with E-state index in [2.05, 4.69) is 21.3 Å². The number of furan rings is 1. The number of benzene rings is 1. The van der Waals surface area contributed by atoms with Crippen molar-refractivity contribution in [3.63, 3.8) is 0 Å². The summed E-state index contributed by atoms with van der Waals surface area (Å²) >= 11 is 0. The summed E-state index contributed by atoms with van der Waals surface area (Å²) in [6, 6.07) is 6.14. The fourth-order valence-corrected chi connectivity index (χ4v) is 4.05. The van der Waals surface area contributed by atoms with Gasteiger partial charge in [-0.05, 0) is 64.7 Å². The minimum absolute atomic E-state index is 0.0746. The lowest BCUT2D eigenvalue weighted by Gasteiger charge is -2.33. The van der Waals surface area contributed by atoms with Crippen molar-refractivity contribution >= 4 is 28.5 Å². The van der Waals surface area contributed by atoms with Crippen LogP contribution in [0.5, 0.6) is 0 Å². The van der Waals surface area contributed by atoms with E-state index in [1.807, 2.05) is 46.8 Å². The minimum Gasteiger partial charge on any atom is -0.443 e. The summed E-state index contributed by atoms with van der Waals surface area (Å²) in [5.41, 5.74) is 4.81. The van der Waals surface area contributed by atoms with Gasteiger partial charge in [-0.2, -0.15) is 4.98 Å². The van der Waals surface area contributed by atoms with Crippen LogP contribution < -0.4 is 10.2 Å². The standard InChI is InChI=1S/C23H28N4O2/c1-13-8-9-14(2)19(11-13)26-22(28)18-7-6-10-27(12-18)21-20-15(3)16(4)29-23(20)25-17(5)24-21/h8-9,11,18H,6-7,10,12H2,1-5H3,(H,26,28)/t18-/m0/s1. The van der Waals surface area contributed by atoms with Gasteiger partial charge in [0.05, 0.1) is 11.3 Å². The summed E-state index contributed by atoms with van der Waals surface area (Å²) < 4.78 is 5.83. The predicted octanol–water partition coefficient (Wildman–Crippen LogP) is 4.62. The van der Waals surface area contributed by atoms with E-state index in [-0.39, 0.29) is 11.8 Å². The summed E-state index contributed by atoms with van der Waals surface area (Å²) in [5, 5.41) is 4.10. The third kappa shape index (κ3) is 3.71. The highest BCUT2D eigenvalue weighted by atomic mass is 16.3. The highest BCUT2D eigenvalue weighted by Crippen LogP contribution is 2.33. The topological polar surface area (TPSA) is 71.3 Å². The van der Waals surface area contributed by atoms with Crippen molar-refractivity contribution in [2.75, 3.05) is 23.3 Å². The molecule has 1 saturated heterocycles. The summed E-state index contributed by atoms with van der Waals surface area (Å²) in [5.74, 6) is 2.42. The molecule has 1 atom stereocenters. The molecule has 1 aromatic carbocycles. The lowest BCUT2D eigenvalue weighted by molar-refractivity contribution is -0.120. The van der Waals surface area contributed by atoms with Gasteiger partial charge in [-0.25, -0.2) is 4.98 Å². The number of aryl methyl sites for hydroxylation is 5. The second-order valence-electron chi connectivity index (χ2n) is 8.15. The van der Waals surface area contributed by atoms with Crippen molar-refractivity contribution in [3.05, 3.63) is 46.5 Å². The molecule has 152 valence electrons. The molecular formula is C23H28N4O2. The Labute approximate surface area is 171 Å². The molecule has 3 heterocycles. The summed E-state index contributed by atoms with van der Waals surface area (Å²) in [7, 11) is 0. The zero-order valence-corrected chi connectivity index (χ0v) is 17.8. The van der Waals surface area contributed by atoms with Crippen molar-refractivity contribution in [2.24, 2.45) is 5.92 Å². The van der Waals surface area contributed by atoms with E-state index in [9.17, 15) is 4.79 Å². The Hall–Kier alpha value is -2.89. The molecule has 0 radical (unpaired) electrons. The molecule has 4 rings (SSSR count). The van der Waals surface area contributed by atoms with Crippen LogP contribution in [-0.4, -0.2) is 29.0 Å². The Morgan fingerprint density at radius 2 is 1.97 bits per heavy atom. The highest BCUT2D eigenvalue weighted by Gasteiger charge is 2.29. The zero-order chi connectivity index (χ0) is 20.7. The van der Waals surface area contributed by atoms with Crippen LogP contribution in [0.4, 0.5) is 11.5 Å². The molecule has 6 heteroatoms. The number of carbonyl (C=O) groups excluding carboxylic acids is 1. The number of aromatic nitrogens is 2. The van der Waals surface area contributed by atoms with E-state index >= 15 is 0 Å². The number of hydrogen-bond donors (Lipinski definition) is 1. The van der Waals surface area contributed by atoms with Gasteiger partial charge < -0.3 is 14.6 Å². The van der Waals surface area contributed by atoms with Gasteiger partial charge in [-0.15, -0.1) is 0 Å². The normalized spacial score (nSPS) is 17.0. The quantitative estimate of drug-likeness (QED) is 0.704. The monoisotopic (exact) mass is 392 g/mol. The number of rotatable bonds is 3. The van der Waals surface area contributed by atoms with E-state index in [1.165, 1.54) is 0 Å². The summed E-state index contributed by atoms with van der Waals surface area (Å²) in [6.07, 6.45) is 1.83. The van der Waals surface area contributed by atoms with Crippen LogP contribution >= 0.6 is 0 Å². The Morgan fingerprint density at radius 1 is 1.17 bits per heavy atom. The molecule has 1 aliphatic heterocycles. The second-order valence-corrected chi connectivity index (χ2v) is 8.15. The van der Waals surface area contributed by atoms with Gasteiger partial charge in [0.1, 0.15) is 17.4 Å². The second kappa shape index (κ2) is 7.50. The first-order chi connectivity index (χ1) is 13.8. The number of nitrogens with zero attached hydrogens (tertiary/aromatic N) is 3. The largest absolute Gasteiger partial charge is 0.443 e. The molecule has 0 aliphatic carbocycles. The first kappa shape index (κ1) is 19.4. The van der Waals surface area contributed by atoms with Gasteiger partial charge in [-0.1, -0.05) is 12.1 Å². The van der Waals surface area contributed by atoms with Gasteiger partial charge in [0.2, 0.25) is 11.6 Å². The summed E-state index contributed by atoms with van der Waals surface area (Å²) in [6.45, 7) is 11.5. The maximum Gasteiger partial charge on any atom is 0.231 e. The molecule has 0 spiro atoms. The van der Waals surface area contributed by atoms with Crippen LogP contribution in [0.25, 0.3) is 11.1 Å². The fourth-order valence-electron chi connectivity index (χ4n) is 4.05. The van der Waals surface area contributed by atoms with Crippen molar-refractivity contribution in [1.82, 2.24) is 9.97 Å². The molecule has 29 heavy (non-hydrogen) atoms. The average molecular weight is 393 g/mol. The minimum atomic E-state index is -0.0812. The van der Waals surface area contributed by atoms with Crippen LogP contribution in [-0.2, 0) is 4.79 Å². The number of nitrogens with one attached hydrogen (secondary N) is 1. The zero-order valence-electron chi connectivity index (χ0n) is 17.8. The smallest absolute Gasteiger partial charge is 0.231 e.